The van der Waals surface area contributed by atoms with Crippen LogP contribution in [0.25, 0.3) is 0 Å². The smallest absolute Gasteiger partial charge is 0.242 e. The molecule has 6 heteroatoms. The molecule has 0 aromatic heterocycles. The number of aliphatic hydroxyl groups is 1. The van der Waals surface area contributed by atoms with Crippen LogP contribution < -0.4 is 10.6 Å². The Hall–Kier alpha value is -1.92. The highest BCUT2D eigenvalue weighted by Gasteiger charge is 2.30. The van der Waals surface area contributed by atoms with Crippen molar-refractivity contribution >= 4 is 11.8 Å². The third-order valence-electron chi connectivity index (χ3n) is 5.36. The Bertz CT molecular complexity index is 634. The van der Waals surface area contributed by atoms with Gasteiger partial charge in [0.2, 0.25) is 11.8 Å². The highest BCUT2D eigenvalue weighted by Crippen LogP contribution is 2.35. The SMILES string of the molecule is O=C(CN(CCCO)C1CCc2ccccc21)NC1CCCCNC1=O. The molecule has 2 amide bonds. The van der Waals surface area contributed by atoms with E-state index in [1.54, 1.807) is 0 Å². The second-order valence-electron chi connectivity index (χ2n) is 7.21. The van der Waals surface area contributed by atoms with E-state index >= 15 is 0 Å². The predicted molar refractivity (Wildman–Crippen MR) is 99.6 cm³/mol. The fourth-order valence-corrected chi connectivity index (χ4v) is 4.03. The molecule has 1 aliphatic carbocycles. The van der Waals surface area contributed by atoms with Crippen LogP contribution in [0, 0.1) is 0 Å². The summed E-state index contributed by atoms with van der Waals surface area (Å²) >= 11 is 0. The molecule has 6 nitrogen and oxygen atoms in total. The van der Waals surface area contributed by atoms with Crippen molar-refractivity contribution in [3.8, 4) is 0 Å². The molecule has 1 aliphatic heterocycles. The van der Waals surface area contributed by atoms with E-state index in [9.17, 15) is 14.7 Å². The molecule has 3 N–H and O–H groups in total. The average molecular weight is 359 g/mol. The molecule has 1 heterocycles. The van der Waals surface area contributed by atoms with E-state index in [-0.39, 0.29) is 31.0 Å². The Morgan fingerprint density at radius 1 is 1.27 bits per heavy atom. The first kappa shape index (κ1) is 18.9. The van der Waals surface area contributed by atoms with E-state index in [4.69, 9.17) is 0 Å². The fourth-order valence-electron chi connectivity index (χ4n) is 4.03. The number of rotatable bonds is 7. The van der Waals surface area contributed by atoms with Crippen LogP contribution in [-0.2, 0) is 16.0 Å². The number of nitrogens with zero attached hydrogens (tertiary/aromatic N) is 1. The van der Waals surface area contributed by atoms with E-state index < -0.39 is 6.04 Å². The molecule has 0 saturated carbocycles. The minimum atomic E-state index is -0.430. The minimum Gasteiger partial charge on any atom is -0.396 e. The van der Waals surface area contributed by atoms with Crippen molar-refractivity contribution in [3.63, 3.8) is 0 Å². The number of aliphatic hydroxyl groups excluding tert-OH is 1. The number of hydrogen-bond acceptors (Lipinski definition) is 4. The highest BCUT2D eigenvalue weighted by atomic mass is 16.3. The summed E-state index contributed by atoms with van der Waals surface area (Å²) in [5, 5.41) is 15.0. The fraction of sp³-hybridized carbons (Fsp3) is 0.600. The molecule has 0 spiro atoms. The van der Waals surface area contributed by atoms with Gasteiger partial charge in [0.15, 0.2) is 0 Å². The van der Waals surface area contributed by atoms with Crippen molar-refractivity contribution in [2.75, 3.05) is 26.2 Å². The third-order valence-corrected chi connectivity index (χ3v) is 5.36. The summed E-state index contributed by atoms with van der Waals surface area (Å²) in [7, 11) is 0. The monoisotopic (exact) mass is 359 g/mol. The van der Waals surface area contributed by atoms with Crippen LogP contribution in [0.2, 0.25) is 0 Å². The van der Waals surface area contributed by atoms with Gasteiger partial charge in [0.1, 0.15) is 6.04 Å². The van der Waals surface area contributed by atoms with Crippen molar-refractivity contribution in [2.24, 2.45) is 0 Å². The number of fused-ring (bicyclic) bond motifs is 1. The van der Waals surface area contributed by atoms with Crippen LogP contribution in [0.15, 0.2) is 24.3 Å². The Labute approximate surface area is 155 Å². The summed E-state index contributed by atoms with van der Waals surface area (Å²) in [6.45, 7) is 1.72. The lowest BCUT2D eigenvalue weighted by atomic mass is 10.1. The maximum Gasteiger partial charge on any atom is 0.242 e. The van der Waals surface area contributed by atoms with Gasteiger partial charge in [-0.25, -0.2) is 0 Å². The van der Waals surface area contributed by atoms with Gasteiger partial charge in [-0.05, 0) is 49.7 Å². The van der Waals surface area contributed by atoms with Crippen LogP contribution >= 0.6 is 0 Å². The zero-order valence-electron chi connectivity index (χ0n) is 15.2. The molecule has 142 valence electrons. The van der Waals surface area contributed by atoms with Gasteiger partial charge in [0, 0.05) is 25.7 Å². The molecule has 2 unspecified atom stereocenters. The van der Waals surface area contributed by atoms with Crippen molar-refractivity contribution in [1.82, 2.24) is 15.5 Å². The number of carbonyl (C=O) groups excluding carboxylic acids is 2. The maximum atomic E-state index is 12.6. The van der Waals surface area contributed by atoms with E-state index in [2.05, 4.69) is 33.7 Å². The lowest BCUT2D eigenvalue weighted by Gasteiger charge is -2.29. The first-order valence-electron chi connectivity index (χ1n) is 9.69. The molecule has 0 bridgehead atoms. The van der Waals surface area contributed by atoms with E-state index in [0.717, 1.165) is 25.7 Å². The maximum absolute atomic E-state index is 12.6. The lowest BCUT2D eigenvalue weighted by molar-refractivity contribution is -0.129. The van der Waals surface area contributed by atoms with Gasteiger partial charge in [0.05, 0.1) is 6.54 Å². The van der Waals surface area contributed by atoms with Crippen LogP contribution in [0.5, 0.6) is 0 Å². The van der Waals surface area contributed by atoms with Gasteiger partial charge in [-0.3, -0.25) is 14.5 Å². The second kappa shape index (κ2) is 9.14. The van der Waals surface area contributed by atoms with Gasteiger partial charge in [-0.15, -0.1) is 0 Å². The average Bonchev–Trinajstić information content (AvgIpc) is 2.97. The van der Waals surface area contributed by atoms with Crippen molar-refractivity contribution in [1.29, 1.82) is 0 Å². The first-order chi connectivity index (χ1) is 12.7. The Morgan fingerprint density at radius 3 is 2.96 bits per heavy atom. The number of hydrogen-bond donors (Lipinski definition) is 3. The molecule has 1 fully saturated rings. The van der Waals surface area contributed by atoms with Crippen LogP contribution in [-0.4, -0.2) is 54.1 Å². The molecular weight excluding hydrogens is 330 g/mol. The summed E-state index contributed by atoms with van der Waals surface area (Å²) in [6, 6.07) is 8.14. The van der Waals surface area contributed by atoms with E-state index in [0.29, 0.717) is 25.9 Å². The highest BCUT2D eigenvalue weighted by molar-refractivity contribution is 5.88. The molecule has 2 aliphatic rings. The Kier molecular flexibility index (Phi) is 6.63. The predicted octanol–water partition coefficient (Wildman–Crippen LogP) is 1.14. The molecule has 0 radical (unpaired) electrons. The zero-order chi connectivity index (χ0) is 18.4. The van der Waals surface area contributed by atoms with Crippen molar-refractivity contribution in [3.05, 3.63) is 35.4 Å². The zero-order valence-corrected chi connectivity index (χ0v) is 15.2. The van der Waals surface area contributed by atoms with Gasteiger partial charge in [0.25, 0.3) is 0 Å². The van der Waals surface area contributed by atoms with Gasteiger partial charge >= 0.3 is 0 Å². The molecule has 1 saturated heterocycles. The number of carbonyl (C=O) groups is 2. The summed E-state index contributed by atoms with van der Waals surface area (Å²) in [6.07, 6.45) is 5.23. The lowest BCUT2D eigenvalue weighted by Crippen LogP contribution is -2.49. The first-order valence-corrected chi connectivity index (χ1v) is 9.69. The van der Waals surface area contributed by atoms with Crippen LogP contribution in [0.3, 0.4) is 0 Å². The Balaban J connectivity index is 1.64. The second-order valence-corrected chi connectivity index (χ2v) is 7.21. The molecule has 1 aromatic rings. The van der Waals surface area contributed by atoms with Crippen LogP contribution in [0.1, 0.15) is 49.3 Å². The molecule has 3 rings (SSSR count). The van der Waals surface area contributed by atoms with Gasteiger partial charge < -0.3 is 15.7 Å². The summed E-state index contributed by atoms with van der Waals surface area (Å²) in [5.74, 6) is -0.196. The number of nitrogens with one attached hydrogen (secondary N) is 2. The normalized spacial score (nSPS) is 22.6. The van der Waals surface area contributed by atoms with Gasteiger partial charge in [-0.1, -0.05) is 24.3 Å². The Morgan fingerprint density at radius 2 is 2.12 bits per heavy atom. The molecular formula is C20H29N3O3. The largest absolute Gasteiger partial charge is 0.396 e. The third kappa shape index (κ3) is 4.62. The van der Waals surface area contributed by atoms with Gasteiger partial charge in [-0.2, -0.15) is 0 Å². The molecule has 2 atom stereocenters. The minimum absolute atomic E-state index is 0.0797. The van der Waals surface area contributed by atoms with Crippen molar-refractivity contribution in [2.45, 2.75) is 50.6 Å². The summed E-state index contributed by atoms with van der Waals surface area (Å²) in [5.41, 5.74) is 2.63. The standard InChI is InChI=1S/C20H29N3O3/c24-13-5-12-23(18-10-9-15-6-1-2-7-16(15)18)14-19(25)22-17-8-3-4-11-21-20(17)26/h1-2,6-7,17-18,24H,3-5,8-14H2,(H,21,26)(H,22,25). The quantitative estimate of drug-likeness (QED) is 0.682. The summed E-state index contributed by atoms with van der Waals surface area (Å²) in [4.78, 5) is 26.8. The van der Waals surface area contributed by atoms with Crippen molar-refractivity contribution < 1.29 is 14.7 Å². The molecule has 26 heavy (non-hydrogen) atoms. The van der Waals surface area contributed by atoms with Crippen LogP contribution in [0.4, 0.5) is 0 Å². The molecule has 1 aromatic carbocycles. The number of amides is 2. The van der Waals surface area contributed by atoms with E-state index in [1.807, 2.05) is 6.07 Å². The topological polar surface area (TPSA) is 81.7 Å². The number of benzene rings is 1. The van der Waals surface area contributed by atoms with E-state index in [1.165, 1.54) is 11.1 Å². The summed E-state index contributed by atoms with van der Waals surface area (Å²) < 4.78 is 0. The number of aryl methyl sites for hydroxylation is 1.